The summed E-state index contributed by atoms with van der Waals surface area (Å²) in [7, 11) is 2.04. The quantitative estimate of drug-likeness (QED) is 0.575. The van der Waals surface area contributed by atoms with Crippen LogP contribution in [0.15, 0.2) is 5.18 Å². The molecule has 1 aliphatic rings. The van der Waals surface area contributed by atoms with E-state index in [1.807, 2.05) is 20.9 Å². The Balaban J connectivity index is 0.000000461. The van der Waals surface area contributed by atoms with Gasteiger partial charge in [-0.15, -0.1) is 0 Å². The van der Waals surface area contributed by atoms with Crippen LogP contribution in [0.5, 0.6) is 0 Å². The molecule has 0 radical (unpaired) electrons. The van der Waals surface area contributed by atoms with Crippen LogP contribution in [0.25, 0.3) is 0 Å². The van der Waals surface area contributed by atoms with Crippen LogP contribution < -0.4 is 0 Å². The Bertz CT molecular complexity index is 106. The summed E-state index contributed by atoms with van der Waals surface area (Å²) in [6.45, 7) is 5.59. The van der Waals surface area contributed by atoms with Gasteiger partial charge >= 0.3 is 0 Å². The van der Waals surface area contributed by atoms with E-state index in [1.165, 1.54) is 6.42 Å². The number of rotatable bonds is 2. The first-order chi connectivity index (χ1) is 5.34. The van der Waals surface area contributed by atoms with E-state index in [0.717, 1.165) is 13.0 Å². The lowest BCUT2D eigenvalue weighted by Gasteiger charge is -2.14. The molecule has 0 aromatic rings. The minimum Gasteiger partial charge on any atom is -0.301 e. The third kappa shape index (κ3) is 3.46. The molecular formula is C8H18N2O. The Kier molecular flexibility index (Phi) is 6.03. The second kappa shape index (κ2) is 6.28. The zero-order valence-electron chi connectivity index (χ0n) is 7.71. The normalized spacial score (nSPS) is 24.1. The second-order valence-corrected chi connectivity index (χ2v) is 2.59. The smallest absolute Gasteiger partial charge is 0.0966 e. The van der Waals surface area contributed by atoms with Gasteiger partial charge in [-0.1, -0.05) is 19.0 Å². The van der Waals surface area contributed by atoms with Gasteiger partial charge in [0.1, 0.15) is 0 Å². The van der Waals surface area contributed by atoms with E-state index in [9.17, 15) is 4.91 Å². The van der Waals surface area contributed by atoms with Crippen molar-refractivity contribution in [2.45, 2.75) is 32.7 Å². The SMILES string of the molecule is CC.CN1CCCC1CN=O. The zero-order valence-corrected chi connectivity index (χ0v) is 7.71. The van der Waals surface area contributed by atoms with Crippen molar-refractivity contribution in [1.29, 1.82) is 0 Å². The summed E-state index contributed by atoms with van der Waals surface area (Å²) in [6, 6.07) is 0.433. The zero-order chi connectivity index (χ0) is 8.69. The first-order valence-electron chi connectivity index (χ1n) is 4.34. The van der Waals surface area contributed by atoms with Crippen molar-refractivity contribution in [3.63, 3.8) is 0 Å². The van der Waals surface area contributed by atoms with Crippen LogP contribution in [-0.4, -0.2) is 31.1 Å². The molecule has 66 valence electrons. The van der Waals surface area contributed by atoms with Gasteiger partial charge in [-0.2, -0.15) is 4.91 Å². The standard InChI is InChI=1S/C6H12N2O.C2H6/c1-8-4-2-3-6(8)5-7-9;1-2/h6H,2-5H2,1H3;1-2H3. The molecule has 1 rings (SSSR count). The van der Waals surface area contributed by atoms with Gasteiger partial charge in [-0.3, -0.25) is 0 Å². The first-order valence-corrected chi connectivity index (χ1v) is 4.34. The molecule has 1 saturated heterocycles. The number of nitroso groups, excluding NO2 is 1. The summed E-state index contributed by atoms with van der Waals surface area (Å²) in [6.07, 6.45) is 2.36. The number of hydrogen-bond donors (Lipinski definition) is 0. The molecule has 11 heavy (non-hydrogen) atoms. The lowest BCUT2D eigenvalue weighted by Crippen LogP contribution is -2.27. The molecule has 0 N–H and O–H groups in total. The van der Waals surface area contributed by atoms with Crippen molar-refractivity contribution in [2.24, 2.45) is 5.18 Å². The fourth-order valence-corrected chi connectivity index (χ4v) is 1.30. The maximum absolute atomic E-state index is 9.83. The van der Waals surface area contributed by atoms with Crippen LogP contribution in [0.1, 0.15) is 26.7 Å². The molecule has 3 nitrogen and oxygen atoms in total. The molecule has 0 aromatic carbocycles. The van der Waals surface area contributed by atoms with Crippen LogP contribution >= 0.6 is 0 Å². The summed E-state index contributed by atoms with van der Waals surface area (Å²) in [5.41, 5.74) is 0. The highest BCUT2D eigenvalue weighted by Gasteiger charge is 2.20. The Labute approximate surface area is 68.7 Å². The Hall–Kier alpha value is -0.440. The number of hydrogen-bond acceptors (Lipinski definition) is 3. The van der Waals surface area contributed by atoms with Gasteiger partial charge in [-0.25, -0.2) is 0 Å². The average molecular weight is 158 g/mol. The maximum atomic E-state index is 9.83. The average Bonchev–Trinajstić information content (AvgIpc) is 2.42. The molecule has 0 aliphatic carbocycles. The highest BCUT2D eigenvalue weighted by Crippen LogP contribution is 2.14. The van der Waals surface area contributed by atoms with Gasteiger partial charge < -0.3 is 4.90 Å². The third-order valence-electron chi connectivity index (χ3n) is 1.96. The second-order valence-electron chi connectivity index (χ2n) is 2.59. The van der Waals surface area contributed by atoms with Crippen LogP contribution in [0.3, 0.4) is 0 Å². The van der Waals surface area contributed by atoms with E-state index >= 15 is 0 Å². The molecule has 1 fully saturated rings. The lowest BCUT2D eigenvalue weighted by molar-refractivity contribution is 0.317. The molecule has 3 heteroatoms. The summed E-state index contributed by atoms with van der Waals surface area (Å²) < 4.78 is 0. The van der Waals surface area contributed by atoms with Crippen molar-refractivity contribution in [3.8, 4) is 0 Å². The first kappa shape index (κ1) is 10.6. The Morgan fingerprint density at radius 1 is 1.55 bits per heavy atom. The van der Waals surface area contributed by atoms with Crippen LogP contribution in [0, 0.1) is 4.91 Å². The van der Waals surface area contributed by atoms with Crippen molar-refractivity contribution in [1.82, 2.24) is 4.90 Å². The van der Waals surface area contributed by atoms with Gasteiger partial charge in [0.05, 0.1) is 6.54 Å². The minimum absolute atomic E-state index is 0.433. The fraction of sp³-hybridized carbons (Fsp3) is 1.00. The summed E-state index contributed by atoms with van der Waals surface area (Å²) in [5, 5.41) is 2.88. The van der Waals surface area contributed by atoms with Gasteiger partial charge in [0.2, 0.25) is 0 Å². The van der Waals surface area contributed by atoms with Crippen LogP contribution in [0.4, 0.5) is 0 Å². The topological polar surface area (TPSA) is 32.7 Å². The molecule has 1 atom stereocenters. The fourth-order valence-electron chi connectivity index (χ4n) is 1.30. The summed E-state index contributed by atoms with van der Waals surface area (Å²) in [4.78, 5) is 12.0. The number of likely N-dealkylation sites (tertiary alicyclic amines) is 1. The van der Waals surface area contributed by atoms with E-state index in [0.29, 0.717) is 12.6 Å². The molecule has 1 unspecified atom stereocenters. The van der Waals surface area contributed by atoms with Crippen molar-refractivity contribution in [2.75, 3.05) is 20.1 Å². The van der Waals surface area contributed by atoms with E-state index in [-0.39, 0.29) is 0 Å². The Morgan fingerprint density at radius 2 is 2.18 bits per heavy atom. The molecule has 0 aromatic heterocycles. The predicted molar refractivity (Wildman–Crippen MR) is 47.7 cm³/mol. The van der Waals surface area contributed by atoms with Gasteiger partial charge in [0.25, 0.3) is 0 Å². The number of likely N-dealkylation sites (N-methyl/N-ethyl adjacent to an activating group) is 1. The lowest BCUT2D eigenvalue weighted by atomic mass is 10.2. The van der Waals surface area contributed by atoms with Crippen molar-refractivity contribution in [3.05, 3.63) is 4.91 Å². The Morgan fingerprint density at radius 3 is 2.55 bits per heavy atom. The van der Waals surface area contributed by atoms with E-state index in [4.69, 9.17) is 0 Å². The molecule has 0 spiro atoms. The molecule has 0 amide bonds. The van der Waals surface area contributed by atoms with Crippen LogP contribution in [-0.2, 0) is 0 Å². The van der Waals surface area contributed by atoms with Crippen molar-refractivity contribution < 1.29 is 0 Å². The van der Waals surface area contributed by atoms with E-state index < -0.39 is 0 Å². The maximum Gasteiger partial charge on any atom is 0.0966 e. The van der Waals surface area contributed by atoms with Gasteiger partial charge in [0.15, 0.2) is 0 Å². The predicted octanol–water partition coefficient (Wildman–Crippen LogP) is 1.87. The summed E-state index contributed by atoms with van der Waals surface area (Å²) in [5.74, 6) is 0. The highest BCUT2D eigenvalue weighted by molar-refractivity contribution is 4.77. The molecule has 1 aliphatic heterocycles. The van der Waals surface area contributed by atoms with Gasteiger partial charge in [-0.05, 0) is 26.4 Å². The summed E-state index contributed by atoms with van der Waals surface area (Å²) >= 11 is 0. The molecular weight excluding hydrogens is 140 g/mol. The van der Waals surface area contributed by atoms with Crippen molar-refractivity contribution >= 4 is 0 Å². The van der Waals surface area contributed by atoms with E-state index in [2.05, 4.69) is 10.1 Å². The van der Waals surface area contributed by atoms with E-state index in [1.54, 1.807) is 0 Å². The molecule has 1 heterocycles. The third-order valence-corrected chi connectivity index (χ3v) is 1.96. The van der Waals surface area contributed by atoms with Crippen LogP contribution in [0.2, 0.25) is 0 Å². The highest BCUT2D eigenvalue weighted by atomic mass is 16.3. The monoisotopic (exact) mass is 158 g/mol. The molecule has 0 bridgehead atoms. The molecule has 0 saturated carbocycles. The minimum atomic E-state index is 0.433. The number of nitrogens with zero attached hydrogens (tertiary/aromatic N) is 2. The largest absolute Gasteiger partial charge is 0.301 e. The van der Waals surface area contributed by atoms with Gasteiger partial charge in [0, 0.05) is 6.04 Å².